The molecular formula is C19H24N4O3. The summed E-state index contributed by atoms with van der Waals surface area (Å²) in [6, 6.07) is 12.7. The number of amides is 1. The Morgan fingerprint density at radius 2 is 1.88 bits per heavy atom. The summed E-state index contributed by atoms with van der Waals surface area (Å²) in [6.45, 7) is 2.83. The van der Waals surface area contributed by atoms with Gasteiger partial charge in [-0.3, -0.25) is 4.79 Å². The van der Waals surface area contributed by atoms with Crippen LogP contribution in [0.3, 0.4) is 0 Å². The average molecular weight is 356 g/mol. The highest BCUT2D eigenvalue weighted by Gasteiger charge is 2.06. The number of ether oxygens (including phenoxy) is 2. The van der Waals surface area contributed by atoms with Crippen molar-refractivity contribution >= 4 is 17.6 Å². The fraction of sp³-hybridized carbons (Fsp3) is 0.263. The highest BCUT2D eigenvalue weighted by atomic mass is 16.5. The molecule has 26 heavy (non-hydrogen) atoms. The monoisotopic (exact) mass is 356 g/mol. The normalized spacial score (nSPS) is 11.0. The third-order valence-corrected chi connectivity index (χ3v) is 3.61. The Labute approximate surface area is 153 Å². The number of nitrogens with zero attached hydrogens (tertiary/aromatic N) is 1. The molecule has 0 radical (unpaired) electrons. The average Bonchev–Trinajstić information content (AvgIpc) is 2.66. The first-order valence-corrected chi connectivity index (χ1v) is 8.23. The van der Waals surface area contributed by atoms with Crippen LogP contribution in [0.15, 0.2) is 47.5 Å². The molecule has 0 unspecified atom stereocenters. The van der Waals surface area contributed by atoms with Crippen molar-refractivity contribution in [2.75, 3.05) is 26.1 Å². The van der Waals surface area contributed by atoms with Crippen LogP contribution in [0.25, 0.3) is 0 Å². The van der Waals surface area contributed by atoms with E-state index in [0.717, 1.165) is 11.3 Å². The van der Waals surface area contributed by atoms with Crippen LogP contribution < -0.4 is 25.8 Å². The van der Waals surface area contributed by atoms with Crippen molar-refractivity contribution in [2.45, 2.75) is 13.5 Å². The molecule has 0 atom stereocenters. The van der Waals surface area contributed by atoms with E-state index in [1.165, 1.54) is 0 Å². The van der Waals surface area contributed by atoms with Crippen LogP contribution in [-0.4, -0.2) is 32.6 Å². The van der Waals surface area contributed by atoms with Crippen molar-refractivity contribution in [3.8, 4) is 11.5 Å². The molecule has 138 valence electrons. The first-order valence-electron chi connectivity index (χ1n) is 8.23. The third kappa shape index (κ3) is 5.14. The number of hydrogen-bond donors (Lipinski definition) is 3. The van der Waals surface area contributed by atoms with Crippen molar-refractivity contribution in [3.05, 3.63) is 53.6 Å². The van der Waals surface area contributed by atoms with Crippen molar-refractivity contribution in [3.63, 3.8) is 0 Å². The molecule has 7 nitrogen and oxygen atoms in total. The number of nitrogens with one attached hydrogen (secondary N) is 2. The summed E-state index contributed by atoms with van der Waals surface area (Å²) in [4.78, 5) is 16.2. The maximum Gasteiger partial charge on any atom is 0.251 e. The predicted molar refractivity (Wildman–Crippen MR) is 103 cm³/mol. The van der Waals surface area contributed by atoms with Gasteiger partial charge in [-0.15, -0.1) is 0 Å². The van der Waals surface area contributed by atoms with Crippen LogP contribution in [0.1, 0.15) is 22.8 Å². The van der Waals surface area contributed by atoms with Crippen LogP contribution in [0.2, 0.25) is 0 Å². The van der Waals surface area contributed by atoms with E-state index >= 15 is 0 Å². The van der Waals surface area contributed by atoms with Gasteiger partial charge in [-0.1, -0.05) is 12.1 Å². The number of benzene rings is 2. The van der Waals surface area contributed by atoms with Gasteiger partial charge in [-0.25, -0.2) is 4.99 Å². The van der Waals surface area contributed by atoms with E-state index in [1.54, 1.807) is 38.5 Å². The van der Waals surface area contributed by atoms with Gasteiger partial charge in [0, 0.05) is 23.9 Å². The highest BCUT2D eigenvalue weighted by molar-refractivity contribution is 5.94. The lowest BCUT2D eigenvalue weighted by molar-refractivity contribution is 0.0955. The van der Waals surface area contributed by atoms with Gasteiger partial charge in [0.25, 0.3) is 5.91 Å². The molecule has 0 fully saturated rings. The van der Waals surface area contributed by atoms with Crippen LogP contribution in [0.4, 0.5) is 5.69 Å². The molecule has 0 aliphatic heterocycles. The molecule has 2 aromatic rings. The Morgan fingerprint density at radius 1 is 1.12 bits per heavy atom. The van der Waals surface area contributed by atoms with Crippen LogP contribution in [-0.2, 0) is 6.54 Å². The minimum atomic E-state index is -0.102. The molecular weight excluding hydrogens is 332 g/mol. The number of methoxy groups -OCH3 is 2. The summed E-state index contributed by atoms with van der Waals surface area (Å²) in [6.07, 6.45) is 0. The third-order valence-electron chi connectivity index (χ3n) is 3.61. The Morgan fingerprint density at radius 3 is 2.58 bits per heavy atom. The van der Waals surface area contributed by atoms with Crippen LogP contribution >= 0.6 is 0 Å². The van der Waals surface area contributed by atoms with Crippen molar-refractivity contribution in [1.82, 2.24) is 5.32 Å². The molecule has 4 N–H and O–H groups in total. The van der Waals surface area contributed by atoms with Crippen molar-refractivity contribution < 1.29 is 14.3 Å². The second kappa shape index (κ2) is 9.31. The lowest BCUT2D eigenvalue weighted by Gasteiger charge is -2.11. The largest absolute Gasteiger partial charge is 0.493 e. The quantitative estimate of drug-likeness (QED) is 0.523. The Kier molecular flexibility index (Phi) is 6.84. The van der Waals surface area contributed by atoms with Crippen LogP contribution in [0.5, 0.6) is 11.5 Å². The summed E-state index contributed by atoms with van der Waals surface area (Å²) < 4.78 is 10.5. The lowest BCUT2D eigenvalue weighted by atomic mass is 10.1. The topological polar surface area (TPSA) is 98.0 Å². The smallest absolute Gasteiger partial charge is 0.251 e. The van der Waals surface area contributed by atoms with Gasteiger partial charge >= 0.3 is 0 Å². The van der Waals surface area contributed by atoms with E-state index < -0.39 is 0 Å². The van der Waals surface area contributed by atoms with Crippen molar-refractivity contribution in [1.29, 1.82) is 0 Å². The number of hydrogen-bond acceptors (Lipinski definition) is 4. The van der Waals surface area contributed by atoms with Crippen LogP contribution in [0, 0.1) is 0 Å². The molecule has 2 aromatic carbocycles. The Hall–Kier alpha value is -3.22. The number of guanidine groups is 1. The highest BCUT2D eigenvalue weighted by Crippen LogP contribution is 2.29. The zero-order valence-corrected chi connectivity index (χ0v) is 15.2. The molecule has 0 spiro atoms. The molecule has 7 heteroatoms. The van der Waals surface area contributed by atoms with E-state index in [9.17, 15) is 4.79 Å². The van der Waals surface area contributed by atoms with Gasteiger partial charge in [0.15, 0.2) is 17.5 Å². The van der Waals surface area contributed by atoms with Gasteiger partial charge in [0.2, 0.25) is 0 Å². The van der Waals surface area contributed by atoms with Gasteiger partial charge in [-0.05, 0) is 36.8 Å². The fourth-order valence-corrected chi connectivity index (χ4v) is 2.35. The summed E-state index contributed by atoms with van der Waals surface area (Å²) in [5, 5.41) is 5.78. The van der Waals surface area contributed by atoms with Gasteiger partial charge < -0.3 is 25.8 Å². The summed E-state index contributed by atoms with van der Waals surface area (Å²) in [5.74, 6) is 1.39. The molecule has 0 saturated carbocycles. The van der Waals surface area contributed by atoms with Gasteiger partial charge in [0.05, 0.1) is 20.8 Å². The molecule has 2 rings (SSSR count). The number of carbonyl (C=O) groups is 1. The van der Waals surface area contributed by atoms with Gasteiger partial charge in [-0.2, -0.15) is 0 Å². The van der Waals surface area contributed by atoms with E-state index in [0.29, 0.717) is 30.2 Å². The summed E-state index contributed by atoms with van der Waals surface area (Å²) in [5.41, 5.74) is 8.18. The molecule has 1 amide bonds. The second-order valence-electron chi connectivity index (χ2n) is 5.46. The SMILES string of the molecule is CCNC(=O)c1cccc(CN=C(N)Nc2ccc(OC)c(OC)c2)c1. The fourth-order valence-electron chi connectivity index (χ4n) is 2.35. The minimum Gasteiger partial charge on any atom is -0.493 e. The Balaban J connectivity index is 2.04. The Bertz CT molecular complexity index is 790. The number of aliphatic imine (C=N–C) groups is 1. The summed E-state index contributed by atoms with van der Waals surface area (Å²) >= 11 is 0. The van der Waals surface area contributed by atoms with E-state index in [2.05, 4.69) is 15.6 Å². The molecule has 0 bridgehead atoms. The van der Waals surface area contributed by atoms with E-state index in [-0.39, 0.29) is 11.9 Å². The lowest BCUT2D eigenvalue weighted by Crippen LogP contribution is -2.23. The van der Waals surface area contributed by atoms with E-state index in [1.807, 2.05) is 25.1 Å². The molecule has 0 aromatic heterocycles. The number of rotatable bonds is 7. The number of anilines is 1. The zero-order chi connectivity index (χ0) is 18.9. The minimum absolute atomic E-state index is 0.102. The maximum absolute atomic E-state index is 11.9. The maximum atomic E-state index is 11.9. The standard InChI is InChI=1S/C19H24N4O3/c1-4-21-18(24)14-7-5-6-13(10-14)12-22-19(20)23-15-8-9-16(25-2)17(11-15)26-3/h5-11H,4,12H2,1-3H3,(H,21,24)(H3,20,22,23). The number of nitrogens with two attached hydrogens (primary N) is 1. The molecule has 0 heterocycles. The molecule has 0 aliphatic rings. The predicted octanol–water partition coefficient (Wildman–Crippen LogP) is 2.38. The first kappa shape index (κ1) is 19.1. The van der Waals surface area contributed by atoms with Gasteiger partial charge in [0.1, 0.15) is 0 Å². The zero-order valence-electron chi connectivity index (χ0n) is 15.2. The summed E-state index contributed by atoms with van der Waals surface area (Å²) in [7, 11) is 3.15. The van der Waals surface area contributed by atoms with Crippen molar-refractivity contribution in [2.24, 2.45) is 10.7 Å². The second-order valence-corrected chi connectivity index (χ2v) is 5.46. The molecule has 0 saturated heterocycles. The number of carbonyl (C=O) groups excluding carboxylic acids is 1. The first-order chi connectivity index (χ1) is 12.6. The molecule has 0 aliphatic carbocycles. The van der Waals surface area contributed by atoms with E-state index in [4.69, 9.17) is 15.2 Å².